The number of rotatable bonds is 4. The predicted octanol–water partition coefficient (Wildman–Crippen LogP) is 2.06. The number of carbonyl (C=O) groups is 1. The first-order chi connectivity index (χ1) is 9.28. The van der Waals surface area contributed by atoms with E-state index in [2.05, 4.69) is 18.7 Å². The Morgan fingerprint density at radius 3 is 2.10 bits per heavy atom. The third-order valence-electron chi connectivity index (χ3n) is 4.16. The van der Waals surface area contributed by atoms with Crippen molar-refractivity contribution in [2.45, 2.75) is 58.6 Å². The van der Waals surface area contributed by atoms with Crippen LogP contribution in [0.1, 0.15) is 47.5 Å². The van der Waals surface area contributed by atoms with Crippen molar-refractivity contribution in [3.05, 3.63) is 0 Å². The molecule has 5 heteroatoms. The van der Waals surface area contributed by atoms with E-state index in [0.717, 1.165) is 39.0 Å². The van der Waals surface area contributed by atoms with Gasteiger partial charge in [-0.05, 0) is 46.7 Å². The zero-order valence-corrected chi connectivity index (χ0v) is 13.7. The topological polar surface area (TPSA) is 58.8 Å². The lowest BCUT2D eigenvalue weighted by Crippen LogP contribution is -2.60. The molecule has 0 bridgehead atoms. The van der Waals surface area contributed by atoms with Gasteiger partial charge in [0.25, 0.3) is 0 Å². The lowest BCUT2D eigenvalue weighted by atomic mass is 9.85. The molecule has 0 saturated carbocycles. The minimum Gasteiger partial charge on any atom is -0.444 e. The fourth-order valence-corrected chi connectivity index (χ4v) is 2.98. The Morgan fingerprint density at radius 2 is 1.75 bits per heavy atom. The standard InChI is InChI=1S/C15H31N3O2/c1-6-18(7-2)15(12-16)8-10-17(11-9-15)13(19)20-14(3,4)5/h6-12,16H2,1-5H3. The summed E-state index contributed by atoms with van der Waals surface area (Å²) in [6.07, 6.45) is 1.64. The van der Waals surface area contributed by atoms with Crippen LogP contribution in [0, 0.1) is 0 Å². The van der Waals surface area contributed by atoms with Crippen LogP contribution in [0.15, 0.2) is 0 Å². The van der Waals surface area contributed by atoms with Crippen molar-refractivity contribution in [3.63, 3.8) is 0 Å². The zero-order valence-electron chi connectivity index (χ0n) is 13.7. The van der Waals surface area contributed by atoms with Gasteiger partial charge < -0.3 is 15.4 Å². The molecule has 1 amide bonds. The van der Waals surface area contributed by atoms with Gasteiger partial charge in [0.15, 0.2) is 0 Å². The number of likely N-dealkylation sites (N-methyl/N-ethyl adjacent to an activating group) is 1. The normalized spacial score (nSPS) is 19.2. The van der Waals surface area contributed by atoms with E-state index in [1.165, 1.54) is 0 Å². The Hall–Kier alpha value is -0.810. The molecule has 1 heterocycles. The molecule has 5 nitrogen and oxygen atoms in total. The molecule has 0 atom stereocenters. The summed E-state index contributed by atoms with van der Waals surface area (Å²) in [4.78, 5) is 16.3. The monoisotopic (exact) mass is 285 g/mol. The van der Waals surface area contributed by atoms with Gasteiger partial charge in [0, 0.05) is 25.2 Å². The van der Waals surface area contributed by atoms with Gasteiger partial charge in [-0.25, -0.2) is 4.79 Å². The maximum absolute atomic E-state index is 12.1. The van der Waals surface area contributed by atoms with Crippen molar-refractivity contribution in [2.24, 2.45) is 5.73 Å². The van der Waals surface area contributed by atoms with Crippen molar-refractivity contribution in [2.75, 3.05) is 32.7 Å². The van der Waals surface area contributed by atoms with Gasteiger partial charge in [-0.3, -0.25) is 4.90 Å². The van der Waals surface area contributed by atoms with E-state index in [0.29, 0.717) is 6.54 Å². The lowest BCUT2D eigenvalue weighted by Gasteiger charge is -2.47. The molecule has 1 aliphatic rings. The number of likely N-dealkylation sites (tertiary alicyclic amines) is 1. The summed E-state index contributed by atoms with van der Waals surface area (Å²) in [7, 11) is 0. The number of ether oxygens (including phenoxy) is 1. The summed E-state index contributed by atoms with van der Waals surface area (Å²) < 4.78 is 5.43. The van der Waals surface area contributed by atoms with E-state index in [-0.39, 0.29) is 11.6 Å². The van der Waals surface area contributed by atoms with E-state index in [1.54, 1.807) is 0 Å². The number of nitrogens with two attached hydrogens (primary N) is 1. The average molecular weight is 285 g/mol. The molecule has 0 aliphatic carbocycles. The van der Waals surface area contributed by atoms with Gasteiger partial charge in [0.05, 0.1) is 0 Å². The van der Waals surface area contributed by atoms with Gasteiger partial charge in [-0.15, -0.1) is 0 Å². The van der Waals surface area contributed by atoms with Crippen LogP contribution in [0.5, 0.6) is 0 Å². The van der Waals surface area contributed by atoms with Crippen LogP contribution < -0.4 is 5.73 Å². The summed E-state index contributed by atoms with van der Waals surface area (Å²) in [6.45, 7) is 14.1. The van der Waals surface area contributed by atoms with Crippen LogP contribution in [0.3, 0.4) is 0 Å². The van der Waals surface area contributed by atoms with Gasteiger partial charge in [0.1, 0.15) is 5.60 Å². The Bertz CT molecular complexity index is 314. The highest BCUT2D eigenvalue weighted by atomic mass is 16.6. The van der Waals surface area contributed by atoms with E-state index >= 15 is 0 Å². The van der Waals surface area contributed by atoms with Crippen molar-refractivity contribution in [1.82, 2.24) is 9.80 Å². The van der Waals surface area contributed by atoms with Gasteiger partial charge in [-0.1, -0.05) is 13.8 Å². The van der Waals surface area contributed by atoms with Crippen molar-refractivity contribution < 1.29 is 9.53 Å². The summed E-state index contributed by atoms with van der Waals surface area (Å²) in [5.41, 5.74) is 5.65. The fraction of sp³-hybridized carbons (Fsp3) is 0.933. The number of piperidine rings is 1. The van der Waals surface area contributed by atoms with Crippen molar-refractivity contribution in [3.8, 4) is 0 Å². The molecule has 0 radical (unpaired) electrons. The number of amides is 1. The van der Waals surface area contributed by atoms with Gasteiger partial charge >= 0.3 is 6.09 Å². The predicted molar refractivity (Wildman–Crippen MR) is 81.7 cm³/mol. The quantitative estimate of drug-likeness (QED) is 0.859. The van der Waals surface area contributed by atoms with Crippen molar-refractivity contribution in [1.29, 1.82) is 0 Å². The Kier molecular flexibility index (Phi) is 5.83. The number of nitrogens with zero attached hydrogens (tertiary/aromatic N) is 2. The Morgan fingerprint density at radius 1 is 1.25 bits per heavy atom. The van der Waals surface area contributed by atoms with Crippen molar-refractivity contribution >= 4 is 6.09 Å². The number of carbonyl (C=O) groups excluding carboxylic acids is 1. The maximum atomic E-state index is 12.1. The smallest absolute Gasteiger partial charge is 0.410 e. The Labute approximate surface area is 123 Å². The summed E-state index contributed by atoms with van der Waals surface area (Å²) in [5, 5.41) is 0. The largest absolute Gasteiger partial charge is 0.444 e. The van der Waals surface area contributed by atoms with Gasteiger partial charge in [0.2, 0.25) is 0 Å². The third kappa shape index (κ3) is 4.09. The molecule has 1 aliphatic heterocycles. The second-order valence-electron chi connectivity index (χ2n) is 6.57. The van der Waals surface area contributed by atoms with Crippen LogP contribution in [0.4, 0.5) is 4.79 Å². The molecule has 0 spiro atoms. The summed E-state index contributed by atoms with van der Waals surface area (Å²) in [5.74, 6) is 0. The molecule has 1 rings (SSSR count). The first-order valence-electron chi connectivity index (χ1n) is 7.71. The molecule has 1 fully saturated rings. The molecular weight excluding hydrogens is 254 g/mol. The molecule has 20 heavy (non-hydrogen) atoms. The minimum atomic E-state index is -0.432. The minimum absolute atomic E-state index is 0.0437. The molecule has 118 valence electrons. The third-order valence-corrected chi connectivity index (χ3v) is 4.16. The number of hydrogen-bond donors (Lipinski definition) is 1. The van der Waals surface area contributed by atoms with Crippen LogP contribution in [0.25, 0.3) is 0 Å². The van der Waals surface area contributed by atoms with Crippen LogP contribution in [0.2, 0.25) is 0 Å². The SMILES string of the molecule is CCN(CC)C1(CN)CCN(C(=O)OC(C)(C)C)CC1. The fourth-order valence-electron chi connectivity index (χ4n) is 2.98. The van der Waals surface area contributed by atoms with E-state index < -0.39 is 5.60 Å². The van der Waals surface area contributed by atoms with Crippen LogP contribution in [-0.4, -0.2) is 59.8 Å². The van der Waals surface area contributed by atoms with Crippen LogP contribution >= 0.6 is 0 Å². The van der Waals surface area contributed by atoms with E-state index in [4.69, 9.17) is 10.5 Å². The summed E-state index contributed by atoms with van der Waals surface area (Å²) >= 11 is 0. The number of hydrogen-bond acceptors (Lipinski definition) is 4. The molecule has 2 N–H and O–H groups in total. The second-order valence-corrected chi connectivity index (χ2v) is 6.57. The molecular formula is C15H31N3O2. The first kappa shape index (κ1) is 17.2. The lowest BCUT2D eigenvalue weighted by molar-refractivity contribution is -0.00240. The second kappa shape index (κ2) is 6.76. The van der Waals surface area contributed by atoms with E-state index in [9.17, 15) is 4.79 Å². The maximum Gasteiger partial charge on any atom is 0.410 e. The zero-order chi connectivity index (χ0) is 15.4. The Balaban J connectivity index is 2.63. The average Bonchev–Trinajstić information content (AvgIpc) is 2.38. The first-order valence-corrected chi connectivity index (χ1v) is 7.71. The highest BCUT2D eigenvalue weighted by Gasteiger charge is 2.39. The van der Waals surface area contributed by atoms with E-state index in [1.807, 2.05) is 25.7 Å². The molecule has 0 aromatic heterocycles. The summed E-state index contributed by atoms with van der Waals surface area (Å²) in [6, 6.07) is 0. The molecule has 0 unspecified atom stereocenters. The highest BCUT2D eigenvalue weighted by molar-refractivity contribution is 5.68. The highest BCUT2D eigenvalue weighted by Crippen LogP contribution is 2.28. The molecule has 0 aromatic carbocycles. The van der Waals surface area contributed by atoms with Crippen LogP contribution in [-0.2, 0) is 4.74 Å². The van der Waals surface area contributed by atoms with Gasteiger partial charge in [-0.2, -0.15) is 0 Å². The molecule has 0 aromatic rings. The molecule has 1 saturated heterocycles.